The van der Waals surface area contributed by atoms with Crippen molar-refractivity contribution in [2.45, 2.75) is 32.5 Å². The number of nitrogens with zero attached hydrogens (tertiary/aromatic N) is 1. The molecule has 0 heterocycles. The number of ether oxygens (including phenoxy) is 1. The number of hydrogen-bond acceptors (Lipinski definition) is 3. The Morgan fingerprint density at radius 2 is 1.53 bits per heavy atom. The van der Waals surface area contributed by atoms with Gasteiger partial charge in [-0.15, -0.1) is 0 Å². The summed E-state index contributed by atoms with van der Waals surface area (Å²) in [6.45, 7) is 2.44. The molecule has 0 aliphatic rings. The number of benzene rings is 3. The lowest BCUT2D eigenvalue weighted by molar-refractivity contribution is -0.140. The quantitative estimate of drug-likeness (QED) is 0.517. The second-order valence-electron chi connectivity index (χ2n) is 7.55. The smallest absolute Gasteiger partial charge is 0.242 e. The third-order valence-electron chi connectivity index (χ3n) is 5.26. The van der Waals surface area contributed by atoms with E-state index in [9.17, 15) is 9.59 Å². The van der Waals surface area contributed by atoms with Crippen LogP contribution in [0, 0.1) is 0 Å². The minimum atomic E-state index is -0.639. The lowest BCUT2D eigenvalue weighted by atomic mass is 10.1. The molecule has 1 atom stereocenters. The predicted octanol–water partition coefficient (Wildman–Crippen LogP) is 4.62. The molecule has 32 heavy (non-hydrogen) atoms. The third kappa shape index (κ3) is 6.59. The summed E-state index contributed by atoms with van der Waals surface area (Å²) in [5.74, 6) is 0.434. The van der Waals surface area contributed by atoms with E-state index >= 15 is 0 Å². The van der Waals surface area contributed by atoms with Crippen molar-refractivity contribution in [3.8, 4) is 5.75 Å². The Bertz CT molecular complexity index is 1020. The first-order chi connectivity index (χ1) is 15.5. The van der Waals surface area contributed by atoms with Gasteiger partial charge in [0, 0.05) is 18.1 Å². The molecule has 3 aromatic carbocycles. The van der Waals surface area contributed by atoms with Crippen LogP contribution in [0.5, 0.6) is 5.75 Å². The van der Waals surface area contributed by atoms with Crippen molar-refractivity contribution >= 4 is 23.4 Å². The molecule has 3 aromatic rings. The van der Waals surface area contributed by atoms with Gasteiger partial charge in [0.15, 0.2) is 0 Å². The maximum atomic E-state index is 13.2. The Morgan fingerprint density at radius 1 is 0.906 bits per heavy atom. The van der Waals surface area contributed by atoms with Gasteiger partial charge in [-0.2, -0.15) is 0 Å². The molecule has 2 amide bonds. The highest BCUT2D eigenvalue weighted by Gasteiger charge is 2.26. The normalized spacial score (nSPS) is 11.5. The van der Waals surface area contributed by atoms with Crippen molar-refractivity contribution in [2.24, 2.45) is 0 Å². The largest absolute Gasteiger partial charge is 0.497 e. The molecule has 0 fully saturated rings. The molecule has 6 heteroatoms. The summed E-state index contributed by atoms with van der Waals surface area (Å²) in [6, 6.07) is 23.7. The Labute approximate surface area is 194 Å². The number of carbonyl (C=O) groups excluding carboxylic acids is 2. The fourth-order valence-corrected chi connectivity index (χ4v) is 3.45. The van der Waals surface area contributed by atoms with Crippen LogP contribution in [0.25, 0.3) is 0 Å². The van der Waals surface area contributed by atoms with Crippen LogP contribution in [-0.4, -0.2) is 29.9 Å². The molecular formula is C26H27ClN2O3. The fourth-order valence-electron chi connectivity index (χ4n) is 3.32. The van der Waals surface area contributed by atoms with E-state index in [-0.39, 0.29) is 18.2 Å². The van der Waals surface area contributed by atoms with Gasteiger partial charge in [-0.25, -0.2) is 0 Å². The molecular weight excluding hydrogens is 424 g/mol. The summed E-state index contributed by atoms with van der Waals surface area (Å²) < 4.78 is 5.16. The summed E-state index contributed by atoms with van der Waals surface area (Å²) >= 11 is 6.00. The zero-order chi connectivity index (χ0) is 22.9. The molecule has 5 nitrogen and oxygen atoms in total. The minimum absolute atomic E-state index is 0.113. The Kier molecular flexibility index (Phi) is 8.28. The number of nitrogens with one attached hydrogen (secondary N) is 1. The maximum absolute atomic E-state index is 13.2. The Morgan fingerprint density at radius 3 is 2.16 bits per heavy atom. The molecule has 0 aliphatic carbocycles. The fraction of sp³-hybridized carbons (Fsp3) is 0.231. The van der Waals surface area contributed by atoms with Gasteiger partial charge in [0.1, 0.15) is 11.8 Å². The highest BCUT2D eigenvalue weighted by Crippen LogP contribution is 2.16. The van der Waals surface area contributed by atoms with Crippen molar-refractivity contribution < 1.29 is 14.3 Å². The van der Waals surface area contributed by atoms with Crippen LogP contribution in [0.3, 0.4) is 0 Å². The van der Waals surface area contributed by atoms with E-state index in [1.807, 2.05) is 66.7 Å². The monoisotopic (exact) mass is 450 g/mol. The van der Waals surface area contributed by atoms with E-state index in [1.54, 1.807) is 31.1 Å². The number of rotatable bonds is 9. The van der Waals surface area contributed by atoms with Gasteiger partial charge in [0.2, 0.25) is 11.8 Å². The Hall–Kier alpha value is -3.31. The van der Waals surface area contributed by atoms with Crippen LogP contribution >= 0.6 is 11.6 Å². The van der Waals surface area contributed by atoms with Crippen LogP contribution in [0.15, 0.2) is 78.9 Å². The molecule has 1 N–H and O–H groups in total. The average Bonchev–Trinajstić information content (AvgIpc) is 2.82. The van der Waals surface area contributed by atoms with Gasteiger partial charge in [-0.05, 0) is 47.9 Å². The van der Waals surface area contributed by atoms with Gasteiger partial charge in [-0.3, -0.25) is 9.59 Å². The van der Waals surface area contributed by atoms with Crippen molar-refractivity contribution in [1.29, 1.82) is 0 Å². The van der Waals surface area contributed by atoms with E-state index in [0.29, 0.717) is 18.1 Å². The van der Waals surface area contributed by atoms with Crippen molar-refractivity contribution in [3.63, 3.8) is 0 Å². The highest BCUT2D eigenvalue weighted by atomic mass is 35.5. The van der Waals surface area contributed by atoms with E-state index in [2.05, 4.69) is 5.32 Å². The first kappa shape index (κ1) is 23.4. The van der Waals surface area contributed by atoms with Crippen LogP contribution in [0.1, 0.15) is 23.6 Å². The van der Waals surface area contributed by atoms with Gasteiger partial charge >= 0.3 is 0 Å². The van der Waals surface area contributed by atoms with Crippen LogP contribution in [-0.2, 0) is 29.1 Å². The van der Waals surface area contributed by atoms with Crippen LogP contribution in [0.2, 0.25) is 5.02 Å². The number of carbonyl (C=O) groups is 2. The van der Waals surface area contributed by atoms with Crippen molar-refractivity contribution in [3.05, 3.63) is 101 Å². The standard InChI is InChI=1S/C26H27ClN2O3/c1-19(26(31)28-17-21-10-14-24(32-2)15-11-21)29(18-22-8-12-23(27)13-9-22)25(30)16-20-6-4-3-5-7-20/h3-15,19H,16-18H2,1-2H3,(H,28,31)/t19-/m1/s1. The lowest BCUT2D eigenvalue weighted by Gasteiger charge is -2.29. The lowest BCUT2D eigenvalue weighted by Crippen LogP contribution is -2.47. The molecule has 0 saturated heterocycles. The zero-order valence-electron chi connectivity index (χ0n) is 18.3. The van der Waals surface area contributed by atoms with E-state index in [1.165, 1.54) is 0 Å². The molecule has 0 saturated carbocycles. The summed E-state index contributed by atoms with van der Waals surface area (Å²) in [4.78, 5) is 27.7. The van der Waals surface area contributed by atoms with Gasteiger partial charge in [0.25, 0.3) is 0 Å². The van der Waals surface area contributed by atoms with E-state index < -0.39 is 6.04 Å². The van der Waals surface area contributed by atoms with Crippen LogP contribution in [0.4, 0.5) is 0 Å². The molecule has 0 unspecified atom stereocenters. The number of hydrogen-bond donors (Lipinski definition) is 1. The van der Waals surface area contributed by atoms with Gasteiger partial charge < -0.3 is 15.0 Å². The molecule has 0 aromatic heterocycles. The topological polar surface area (TPSA) is 58.6 Å². The van der Waals surface area contributed by atoms with Crippen LogP contribution < -0.4 is 10.1 Å². The number of halogens is 1. The van der Waals surface area contributed by atoms with Crippen molar-refractivity contribution in [2.75, 3.05) is 7.11 Å². The molecule has 0 spiro atoms. The molecule has 0 bridgehead atoms. The second kappa shape index (κ2) is 11.3. The molecule has 0 radical (unpaired) electrons. The van der Waals surface area contributed by atoms with Crippen molar-refractivity contribution in [1.82, 2.24) is 10.2 Å². The second-order valence-corrected chi connectivity index (χ2v) is 7.99. The predicted molar refractivity (Wildman–Crippen MR) is 126 cm³/mol. The minimum Gasteiger partial charge on any atom is -0.497 e. The summed E-state index contributed by atoms with van der Waals surface area (Å²) in [6.07, 6.45) is 0.227. The average molecular weight is 451 g/mol. The van der Waals surface area contributed by atoms with E-state index in [0.717, 1.165) is 22.4 Å². The molecule has 0 aliphatic heterocycles. The zero-order valence-corrected chi connectivity index (χ0v) is 19.0. The molecule has 3 rings (SSSR count). The third-order valence-corrected chi connectivity index (χ3v) is 5.51. The van der Waals surface area contributed by atoms with Gasteiger partial charge in [-0.1, -0.05) is 66.2 Å². The summed E-state index contributed by atoms with van der Waals surface area (Å²) in [7, 11) is 1.61. The van der Waals surface area contributed by atoms with E-state index in [4.69, 9.17) is 16.3 Å². The van der Waals surface area contributed by atoms with Gasteiger partial charge in [0.05, 0.1) is 13.5 Å². The Balaban J connectivity index is 1.71. The summed E-state index contributed by atoms with van der Waals surface area (Å²) in [5.41, 5.74) is 2.77. The number of methoxy groups -OCH3 is 1. The summed E-state index contributed by atoms with van der Waals surface area (Å²) in [5, 5.41) is 3.56. The first-order valence-electron chi connectivity index (χ1n) is 10.4. The molecule has 166 valence electrons. The highest BCUT2D eigenvalue weighted by molar-refractivity contribution is 6.30. The maximum Gasteiger partial charge on any atom is 0.242 e. The number of amides is 2. The first-order valence-corrected chi connectivity index (χ1v) is 10.8. The SMILES string of the molecule is COc1ccc(CNC(=O)[C@@H](C)N(Cc2ccc(Cl)cc2)C(=O)Cc2ccccc2)cc1.